The zero-order valence-electron chi connectivity index (χ0n) is 16.6. The van der Waals surface area contributed by atoms with Gasteiger partial charge >= 0.3 is 0 Å². The number of anilines is 1. The van der Waals surface area contributed by atoms with Crippen molar-refractivity contribution in [2.45, 2.75) is 70.8 Å². The number of nitrogens with one attached hydrogen (secondary N) is 2. The Morgan fingerprint density at radius 1 is 1.04 bits per heavy atom. The fourth-order valence-electron chi connectivity index (χ4n) is 4.45. The molecule has 0 bridgehead atoms. The first-order valence-electron chi connectivity index (χ1n) is 10.1. The number of methoxy groups -OCH3 is 1. The molecule has 2 fully saturated rings. The summed E-state index contributed by atoms with van der Waals surface area (Å²) in [5.41, 5.74) is 3.28. The molecule has 0 saturated heterocycles. The molecule has 1 aromatic carbocycles. The molecule has 0 radical (unpaired) electrons. The van der Waals surface area contributed by atoms with Crippen LogP contribution in [-0.2, 0) is 9.53 Å². The third-order valence-electron chi connectivity index (χ3n) is 6.52. The Labute approximate surface area is 158 Å². The van der Waals surface area contributed by atoms with Crippen LogP contribution >= 0.6 is 0 Å². The van der Waals surface area contributed by atoms with E-state index in [-0.39, 0.29) is 11.3 Å². The van der Waals surface area contributed by atoms with Gasteiger partial charge in [-0.15, -0.1) is 0 Å². The molecule has 0 unspecified atom stereocenters. The second-order valence-corrected chi connectivity index (χ2v) is 8.54. The Bertz CT molecular complexity index is 631. The van der Waals surface area contributed by atoms with Crippen LogP contribution in [0.5, 0.6) is 0 Å². The molecule has 0 aliphatic heterocycles. The summed E-state index contributed by atoms with van der Waals surface area (Å²) in [6.07, 6.45) is 8.79. The van der Waals surface area contributed by atoms with E-state index in [2.05, 4.69) is 42.7 Å². The molecular formula is C22H34N2O2. The molecular weight excluding hydrogens is 324 g/mol. The molecule has 2 saturated carbocycles. The smallest absolute Gasteiger partial charge is 0.245 e. The van der Waals surface area contributed by atoms with Gasteiger partial charge in [-0.1, -0.05) is 31.7 Å². The second kappa shape index (κ2) is 7.99. The first-order chi connectivity index (χ1) is 12.5. The largest absolute Gasteiger partial charge is 0.384 e. The lowest BCUT2D eigenvalue weighted by Crippen LogP contribution is -2.56. The highest BCUT2D eigenvalue weighted by Crippen LogP contribution is 2.41. The highest BCUT2D eigenvalue weighted by molar-refractivity contribution is 5.89. The van der Waals surface area contributed by atoms with E-state index in [4.69, 9.17) is 4.74 Å². The standard InChI is InChI=1S/C22H34N2O2/c1-17-8-9-19(14-18(17)2)24-22(12-5-4-6-13-22)20(25)23-15-21(16-26-3)10-7-11-21/h8-9,14,24H,4-7,10-13,15-16H2,1-3H3,(H,23,25). The van der Waals surface area contributed by atoms with Crippen LogP contribution in [0.25, 0.3) is 0 Å². The predicted octanol–water partition coefficient (Wildman–Crippen LogP) is 4.35. The van der Waals surface area contributed by atoms with Gasteiger partial charge in [0.25, 0.3) is 0 Å². The van der Waals surface area contributed by atoms with E-state index >= 15 is 0 Å². The zero-order valence-corrected chi connectivity index (χ0v) is 16.6. The van der Waals surface area contributed by atoms with Gasteiger partial charge in [0.2, 0.25) is 5.91 Å². The van der Waals surface area contributed by atoms with Gasteiger partial charge in [-0.25, -0.2) is 0 Å². The third-order valence-corrected chi connectivity index (χ3v) is 6.52. The Hall–Kier alpha value is -1.55. The maximum atomic E-state index is 13.3. The van der Waals surface area contributed by atoms with Crippen LogP contribution in [0.15, 0.2) is 18.2 Å². The quantitative estimate of drug-likeness (QED) is 0.762. The number of hydrogen-bond donors (Lipinski definition) is 2. The third kappa shape index (κ3) is 4.06. The minimum absolute atomic E-state index is 0.153. The maximum absolute atomic E-state index is 13.3. The number of rotatable bonds is 7. The molecule has 2 aliphatic rings. The minimum Gasteiger partial charge on any atom is -0.384 e. The van der Waals surface area contributed by atoms with Crippen molar-refractivity contribution in [3.63, 3.8) is 0 Å². The molecule has 1 amide bonds. The monoisotopic (exact) mass is 358 g/mol. The van der Waals surface area contributed by atoms with Crippen LogP contribution in [0, 0.1) is 19.3 Å². The minimum atomic E-state index is -0.474. The number of aryl methyl sites for hydroxylation is 2. The molecule has 0 spiro atoms. The summed E-state index contributed by atoms with van der Waals surface area (Å²) in [6, 6.07) is 6.40. The highest BCUT2D eigenvalue weighted by atomic mass is 16.5. The normalized spacial score (nSPS) is 20.9. The molecule has 4 heteroatoms. The van der Waals surface area contributed by atoms with Crippen molar-refractivity contribution < 1.29 is 9.53 Å². The van der Waals surface area contributed by atoms with Crippen LogP contribution in [0.2, 0.25) is 0 Å². The number of benzene rings is 1. The summed E-state index contributed by atoms with van der Waals surface area (Å²) in [4.78, 5) is 13.3. The summed E-state index contributed by atoms with van der Waals surface area (Å²) < 4.78 is 5.41. The molecule has 2 N–H and O–H groups in total. The molecule has 0 atom stereocenters. The average Bonchev–Trinajstić information content (AvgIpc) is 2.61. The van der Waals surface area contributed by atoms with E-state index in [0.29, 0.717) is 0 Å². The Morgan fingerprint density at radius 2 is 1.77 bits per heavy atom. The van der Waals surface area contributed by atoms with Crippen LogP contribution in [0.1, 0.15) is 62.5 Å². The summed E-state index contributed by atoms with van der Waals surface area (Å²) in [6.45, 7) is 5.72. The number of amides is 1. The van der Waals surface area contributed by atoms with Crippen LogP contribution in [-0.4, -0.2) is 31.7 Å². The first kappa shape index (κ1) is 19.2. The fourth-order valence-corrected chi connectivity index (χ4v) is 4.45. The molecule has 1 aromatic rings. The number of carbonyl (C=O) groups excluding carboxylic acids is 1. The van der Waals surface area contributed by atoms with Gasteiger partial charge in [0, 0.05) is 24.8 Å². The number of hydrogen-bond acceptors (Lipinski definition) is 3. The van der Waals surface area contributed by atoms with Crippen molar-refractivity contribution in [2.24, 2.45) is 5.41 Å². The van der Waals surface area contributed by atoms with Gasteiger partial charge < -0.3 is 15.4 Å². The van der Waals surface area contributed by atoms with Gasteiger partial charge in [-0.2, -0.15) is 0 Å². The Kier molecular flexibility index (Phi) is 5.91. The van der Waals surface area contributed by atoms with E-state index in [1.54, 1.807) is 7.11 Å². The van der Waals surface area contributed by atoms with Crippen LogP contribution < -0.4 is 10.6 Å². The van der Waals surface area contributed by atoms with E-state index in [9.17, 15) is 4.79 Å². The van der Waals surface area contributed by atoms with E-state index in [1.165, 1.54) is 24.0 Å². The van der Waals surface area contributed by atoms with Crippen molar-refractivity contribution in [2.75, 3.05) is 25.6 Å². The molecule has 4 nitrogen and oxygen atoms in total. The van der Waals surface area contributed by atoms with Gasteiger partial charge in [-0.05, 0) is 62.8 Å². The molecule has 3 rings (SSSR count). The molecule has 0 aromatic heterocycles. The molecule has 0 heterocycles. The van der Waals surface area contributed by atoms with Crippen molar-refractivity contribution in [1.82, 2.24) is 5.32 Å². The van der Waals surface area contributed by atoms with Crippen molar-refractivity contribution in [1.29, 1.82) is 0 Å². The highest BCUT2D eigenvalue weighted by Gasteiger charge is 2.42. The zero-order chi connectivity index (χ0) is 18.6. The second-order valence-electron chi connectivity index (χ2n) is 8.54. The first-order valence-corrected chi connectivity index (χ1v) is 10.1. The summed E-state index contributed by atoms with van der Waals surface area (Å²) in [5, 5.41) is 6.91. The van der Waals surface area contributed by atoms with Gasteiger partial charge in [0.05, 0.1) is 6.61 Å². The van der Waals surface area contributed by atoms with Crippen LogP contribution in [0.3, 0.4) is 0 Å². The van der Waals surface area contributed by atoms with E-state index in [1.807, 2.05) is 0 Å². The molecule has 2 aliphatic carbocycles. The summed E-state index contributed by atoms with van der Waals surface area (Å²) in [5.74, 6) is 0.165. The number of ether oxygens (including phenoxy) is 1. The Morgan fingerprint density at radius 3 is 2.35 bits per heavy atom. The van der Waals surface area contributed by atoms with Crippen LogP contribution in [0.4, 0.5) is 5.69 Å². The van der Waals surface area contributed by atoms with E-state index < -0.39 is 5.54 Å². The summed E-state index contributed by atoms with van der Waals surface area (Å²) >= 11 is 0. The van der Waals surface area contributed by atoms with Gasteiger partial charge in [0.1, 0.15) is 5.54 Å². The van der Waals surface area contributed by atoms with Crippen molar-refractivity contribution >= 4 is 11.6 Å². The number of carbonyl (C=O) groups is 1. The lowest BCUT2D eigenvalue weighted by molar-refractivity contribution is -0.127. The summed E-state index contributed by atoms with van der Waals surface area (Å²) in [7, 11) is 1.76. The average molecular weight is 359 g/mol. The maximum Gasteiger partial charge on any atom is 0.245 e. The predicted molar refractivity (Wildman–Crippen MR) is 107 cm³/mol. The van der Waals surface area contributed by atoms with Gasteiger partial charge in [0.15, 0.2) is 0 Å². The van der Waals surface area contributed by atoms with Crippen molar-refractivity contribution in [3.8, 4) is 0 Å². The topological polar surface area (TPSA) is 50.4 Å². The Balaban J connectivity index is 1.71. The lowest BCUT2D eigenvalue weighted by Gasteiger charge is -2.43. The van der Waals surface area contributed by atoms with Crippen molar-refractivity contribution in [3.05, 3.63) is 29.3 Å². The SMILES string of the molecule is COCC1(CNC(=O)C2(Nc3ccc(C)c(C)c3)CCCCC2)CCC1. The van der Waals surface area contributed by atoms with Gasteiger partial charge in [-0.3, -0.25) is 4.79 Å². The molecule has 26 heavy (non-hydrogen) atoms. The fraction of sp³-hybridized carbons (Fsp3) is 0.682. The lowest BCUT2D eigenvalue weighted by atomic mass is 9.69. The van der Waals surface area contributed by atoms with E-state index in [0.717, 1.165) is 57.4 Å². The molecule has 144 valence electrons.